The minimum Gasteiger partial charge on any atom is -0.481 e. The second-order valence-electron chi connectivity index (χ2n) is 21.9. The number of esters is 4. The number of ether oxygens (including phenoxy) is 5. The molecule has 1 aliphatic rings. The molecule has 1 fully saturated rings. The van der Waals surface area contributed by atoms with Gasteiger partial charge in [0.15, 0.2) is 30.2 Å². The van der Waals surface area contributed by atoms with E-state index in [1.807, 2.05) is 55.4 Å². The summed E-state index contributed by atoms with van der Waals surface area (Å²) in [6, 6.07) is 13.0. The van der Waals surface area contributed by atoms with Gasteiger partial charge >= 0.3 is 23.9 Å². The number of pyridine rings is 1. The summed E-state index contributed by atoms with van der Waals surface area (Å²) in [6.07, 6.45) is -4.84. The summed E-state index contributed by atoms with van der Waals surface area (Å²) in [5.74, 6) is -7.71. The van der Waals surface area contributed by atoms with Crippen LogP contribution in [0.2, 0.25) is 0 Å². The number of carbonyl (C=O) groups is 9. The van der Waals surface area contributed by atoms with Crippen molar-refractivity contribution >= 4 is 53.3 Å². The fourth-order valence-corrected chi connectivity index (χ4v) is 9.12. The van der Waals surface area contributed by atoms with Gasteiger partial charge in [0.2, 0.25) is 5.88 Å². The van der Waals surface area contributed by atoms with Gasteiger partial charge in [0, 0.05) is 64.4 Å². The van der Waals surface area contributed by atoms with Crippen LogP contribution >= 0.6 is 0 Å². The van der Waals surface area contributed by atoms with E-state index in [1.165, 1.54) is 55.3 Å². The average Bonchev–Trinajstić information content (AvgIpc) is 3.41. The number of hydrogen-bond donors (Lipinski definition) is 0. The fraction of sp³-hybridized carbons (Fsp3) is 0.559. The van der Waals surface area contributed by atoms with Crippen molar-refractivity contribution in [3.8, 4) is 5.88 Å². The molecule has 3 aromatic rings. The topological polar surface area (TPSA) is 226 Å². The van der Waals surface area contributed by atoms with Gasteiger partial charge in [-0.3, -0.25) is 24.0 Å². The first-order valence-corrected chi connectivity index (χ1v) is 26.7. The van der Waals surface area contributed by atoms with E-state index in [4.69, 9.17) is 23.7 Å². The summed E-state index contributed by atoms with van der Waals surface area (Å²) in [4.78, 5) is 138. The van der Waals surface area contributed by atoms with Crippen LogP contribution in [0.1, 0.15) is 122 Å². The van der Waals surface area contributed by atoms with Gasteiger partial charge in [0.1, 0.15) is 24.2 Å². The first-order chi connectivity index (χ1) is 36.6. The van der Waals surface area contributed by atoms with Crippen molar-refractivity contribution in [1.29, 1.82) is 0 Å². The highest BCUT2D eigenvalue weighted by Crippen LogP contribution is 2.25. The number of methoxy groups -OCH3 is 1. The number of nitrogens with zero attached hydrogens (tertiary/aromatic N) is 5. The highest BCUT2D eigenvalue weighted by atomic mass is 16.6. The molecule has 0 spiro atoms. The van der Waals surface area contributed by atoms with Crippen LogP contribution in [-0.2, 0) is 70.1 Å². The molecule has 19 nitrogen and oxygen atoms in total. The lowest BCUT2D eigenvalue weighted by atomic mass is 9.99. The summed E-state index contributed by atoms with van der Waals surface area (Å²) in [5, 5.41) is 0. The van der Waals surface area contributed by atoms with Gasteiger partial charge in [0.25, 0.3) is 23.6 Å². The maximum atomic E-state index is 15.0. The smallest absolute Gasteiger partial charge is 0.329 e. The Morgan fingerprint density at radius 3 is 1.14 bits per heavy atom. The van der Waals surface area contributed by atoms with Crippen molar-refractivity contribution in [3.63, 3.8) is 0 Å². The van der Waals surface area contributed by atoms with E-state index in [9.17, 15) is 43.2 Å². The molecule has 2 aromatic carbocycles. The summed E-state index contributed by atoms with van der Waals surface area (Å²) in [7, 11) is 6.92. The van der Waals surface area contributed by atoms with Gasteiger partial charge in [-0.25, -0.2) is 24.2 Å². The summed E-state index contributed by atoms with van der Waals surface area (Å²) >= 11 is 0. The maximum absolute atomic E-state index is 15.0. The van der Waals surface area contributed by atoms with E-state index in [-0.39, 0.29) is 68.0 Å². The number of likely N-dealkylation sites (N-methyl/N-ethyl adjacent to an activating group) is 4. The third kappa shape index (κ3) is 17.4. The Hall–Kier alpha value is -7.18. The quantitative estimate of drug-likeness (QED) is 0.0925. The van der Waals surface area contributed by atoms with Crippen molar-refractivity contribution in [2.45, 2.75) is 156 Å². The molecule has 4 rings (SSSR count). The molecular formula is C59H81N5O14. The number of benzene rings is 2. The van der Waals surface area contributed by atoms with Gasteiger partial charge in [-0.15, -0.1) is 0 Å². The Bertz CT molecular complexity index is 2540. The summed E-state index contributed by atoms with van der Waals surface area (Å²) in [5.41, 5.74) is 1.69. The zero-order chi connectivity index (χ0) is 58.3. The van der Waals surface area contributed by atoms with Gasteiger partial charge in [-0.2, -0.15) is 0 Å². The van der Waals surface area contributed by atoms with Crippen LogP contribution in [0.5, 0.6) is 5.88 Å². The van der Waals surface area contributed by atoms with Crippen LogP contribution in [0.25, 0.3) is 0 Å². The van der Waals surface area contributed by atoms with Crippen molar-refractivity contribution in [1.82, 2.24) is 24.6 Å². The van der Waals surface area contributed by atoms with E-state index < -0.39 is 96.1 Å². The Morgan fingerprint density at radius 1 is 0.474 bits per heavy atom. The van der Waals surface area contributed by atoms with Gasteiger partial charge in [-0.1, -0.05) is 110 Å². The molecule has 2 heterocycles. The van der Waals surface area contributed by atoms with Crippen LogP contribution in [0.3, 0.4) is 0 Å². The molecular weight excluding hydrogens is 1000 g/mol. The maximum Gasteiger partial charge on any atom is 0.329 e. The molecule has 426 valence electrons. The minimum absolute atomic E-state index is 0.0466. The van der Waals surface area contributed by atoms with Crippen molar-refractivity contribution in [2.24, 2.45) is 23.7 Å². The van der Waals surface area contributed by atoms with Gasteiger partial charge in [-0.05, 0) is 80.4 Å². The monoisotopic (exact) mass is 1080 g/mol. The molecule has 0 N–H and O–H groups in total. The Morgan fingerprint density at radius 2 is 0.808 bits per heavy atom. The van der Waals surface area contributed by atoms with E-state index in [0.717, 1.165) is 19.6 Å². The number of ketones is 1. The first-order valence-electron chi connectivity index (χ1n) is 26.7. The number of cyclic esters (lactones) is 4. The molecule has 19 heteroatoms. The SMILES string of the molecule is COc1ccc(C(=O)c2ccc(C[C@H]3OC(=O)[C@H](CC(C)C)N(C)C(=O)[C@@H](C)OC(=O)[C@H](CC(C)C)N(C)C(=O)[C@@H](Cc4ccccc4)OC(=O)[C@H](CC(C)C)N(C)C(=O)[C@@H](C)OC(=O)[C@H](CC(C)C)N(C)C3=O)cc2)cn1. The lowest BCUT2D eigenvalue weighted by molar-refractivity contribution is -0.176. The van der Waals surface area contributed by atoms with Crippen LogP contribution in [0.15, 0.2) is 72.9 Å². The summed E-state index contributed by atoms with van der Waals surface area (Å²) in [6.45, 7) is 17.3. The van der Waals surface area contributed by atoms with E-state index >= 15 is 0 Å². The molecule has 0 bridgehead atoms. The lowest BCUT2D eigenvalue weighted by Gasteiger charge is -2.35. The second-order valence-corrected chi connectivity index (χ2v) is 21.9. The Labute approximate surface area is 459 Å². The van der Waals surface area contributed by atoms with Crippen LogP contribution < -0.4 is 4.74 Å². The van der Waals surface area contributed by atoms with Gasteiger partial charge < -0.3 is 43.3 Å². The Kier molecular flexibility index (Phi) is 23.5. The third-order valence-electron chi connectivity index (χ3n) is 13.6. The summed E-state index contributed by atoms with van der Waals surface area (Å²) < 4.78 is 29.1. The van der Waals surface area contributed by atoms with Crippen molar-refractivity contribution in [2.75, 3.05) is 35.3 Å². The predicted molar refractivity (Wildman–Crippen MR) is 289 cm³/mol. The van der Waals surface area contributed by atoms with E-state index in [1.54, 1.807) is 66.7 Å². The van der Waals surface area contributed by atoms with Crippen LogP contribution in [-0.4, -0.2) is 162 Å². The number of carbonyl (C=O) groups excluding carboxylic acids is 9. The highest BCUT2D eigenvalue weighted by Gasteiger charge is 2.43. The largest absolute Gasteiger partial charge is 0.481 e. The second kappa shape index (κ2) is 29.0. The average molecular weight is 1080 g/mol. The van der Waals surface area contributed by atoms with E-state index in [0.29, 0.717) is 28.1 Å². The zero-order valence-electron chi connectivity index (χ0n) is 48.1. The molecule has 0 aliphatic carbocycles. The lowest BCUT2D eigenvalue weighted by Crippen LogP contribution is -2.55. The molecule has 1 aliphatic heterocycles. The first kappa shape index (κ1) is 63.4. The van der Waals surface area contributed by atoms with E-state index in [2.05, 4.69) is 4.98 Å². The molecule has 78 heavy (non-hydrogen) atoms. The molecule has 0 unspecified atom stereocenters. The van der Waals surface area contributed by atoms with Crippen molar-refractivity contribution in [3.05, 3.63) is 95.2 Å². The third-order valence-corrected chi connectivity index (χ3v) is 13.6. The predicted octanol–water partition coefficient (Wildman–Crippen LogP) is 6.30. The van der Waals surface area contributed by atoms with Gasteiger partial charge in [0.05, 0.1) is 7.11 Å². The standard InChI is InChI=1S/C59H81N5O14/c1-34(2)27-44-56(70)75-39(10)53(67)62(12)47(30-37(7)8)59(73)78-49(32-41-21-23-42(24-22-41)51(65)43-25-26-50(74-15)60-33-43)55(69)64(14)45(28-35(3)4)57(71)76-38(9)52(66)61(11)46(29-36(5)6)58(72)77-48(54(68)63(44)13)31-40-19-17-16-18-20-40/h16-26,33-39,44-49H,27-32H2,1-15H3/t38-,39-,44+,45+,46+,47+,48-,49-/m1/s1. The Balaban J connectivity index is 1.86. The molecule has 0 radical (unpaired) electrons. The zero-order valence-corrected chi connectivity index (χ0v) is 48.1. The molecule has 0 saturated carbocycles. The molecule has 8 atom stereocenters. The van der Waals surface area contributed by atoms with Crippen molar-refractivity contribution < 1.29 is 66.8 Å². The molecule has 4 amide bonds. The molecule has 1 saturated heterocycles. The van der Waals surface area contributed by atoms with Crippen LogP contribution in [0.4, 0.5) is 0 Å². The number of amides is 4. The normalized spacial score (nSPS) is 23.4. The number of hydrogen-bond acceptors (Lipinski definition) is 15. The highest BCUT2D eigenvalue weighted by molar-refractivity contribution is 6.08. The fourth-order valence-electron chi connectivity index (χ4n) is 9.12. The number of aromatic nitrogens is 1. The van der Waals surface area contributed by atoms with Crippen LogP contribution in [0, 0.1) is 23.7 Å². The minimum atomic E-state index is -1.63. The number of rotatable bonds is 15. The molecule has 1 aromatic heterocycles.